The normalized spacial score (nSPS) is 15.6. The molecule has 0 radical (unpaired) electrons. The monoisotopic (exact) mass is 405 g/mol. The molecule has 0 spiro atoms. The molecule has 0 unspecified atom stereocenters. The van der Waals surface area contributed by atoms with E-state index >= 15 is 0 Å². The topological polar surface area (TPSA) is 58.8 Å². The van der Waals surface area contributed by atoms with Gasteiger partial charge in [0.2, 0.25) is 5.91 Å². The summed E-state index contributed by atoms with van der Waals surface area (Å²) in [6, 6.07) is 9.89. The minimum absolute atomic E-state index is 0.0380. The van der Waals surface area contributed by atoms with Crippen LogP contribution in [0.2, 0.25) is 0 Å². The Morgan fingerprint density at radius 2 is 2.03 bits per heavy atom. The number of piperazine rings is 1. The third kappa shape index (κ3) is 4.24. The molecule has 30 heavy (non-hydrogen) atoms. The van der Waals surface area contributed by atoms with Gasteiger partial charge in [-0.15, -0.1) is 0 Å². The second-order valence-corrected chi connectivity index (χ2v) is 7.72. The minimum Gasteiger partial charge on any atom is -0.496 e. The second kappa shape index (κ2) is 8.71. The van der Waals surface area contributed by atoms with Crippen molar-refractivity contribution in [2.75, 3.05) is 33.3 Å². The van der Waals surface area contributed by atoms with Crippen molar-refractivity contribution < 1.29 is 13.9 Å². The van der Waals surface area contributed by atoms with Crippen LogP contribution in [0.15, 0.2) is 53.3 Å². The third-order valence-electron chi connectivity index (χ3n) is 5.65. The molecular weight excluding hydrogens is 378 g/mol. The standard InChI is InChI=1S/C24H27N3O3/c1-17(20-13-21-18(2)16-30-23(21)14-22(20)29-3)12-24(28)27-10-8-26(9-11-27)15-19-6-4-5-7-25-19/h4-7,12-14,16H,8-11,15H2,1-3H3/b17-12+. The highest BCUT2D eigenvalue weighted by molar-refractivity contribution is 5.97. The van der Waals surface area contributed by atoms with Crippen LogP contribution in [-0.4, -0.2) is 54.0 Å². The molecule has 156 valence electrons. The molecule has 2 aromatic heterocycles. The number of carbonyl (C=O) groups is 1. The number of benzene rings is 1. The number of rotatable bonds is 5. The summed E-state index contributed by atoms with van der Waals surface area (Å²) < 4.78 is 11.1. The number of furan rings is 1. The quantitative estimate of drug-likeness (QED) is 0.603. The summed E-state index contributed by atoms with van der Waals surface area (Å²) in [5.41, 5.74) is 4.71. The predicted molar refractivity (Wildman–Crippen MR) is 117 cm³/mol. The molecule has 6 nitrogen and oxygen atoms in total. The van der Waals surface area contributed by atoms with Crippen molar-refractivity contribution in [3.05, 3.63) is 65.7 Å². The molecule has 4 rings (SSSR count). The Morgan fingerprint density at radius 1 is 1.23 bits per heavy atom. The maximum atomic E-state index is 12.9. The highest BCUT2D eigenvalue weighted by atomic mass is 16.5. The Kier molecular flexibility index (Phi) is 5.86. The maximum absolute atomic E-state index is 12.9. The van der Waals surface area contributed by atoms with E-state index in [-0.39, 0.29) is 5.91 Å². The van der Waals surface area contributed by atoms with Gasteiger partial charge in [0.15, 0.2) is 0 Å². The Labute approximate surface area is 176 Å². The number of pyridine rings is 1. The smallest absolute Gasteiger partial charge is 0.246 e. The Balaban J connectivity index is 1.44. The molecule has 0 N–H and O–H groups in total. The molecule has 1 aromatic carbocycles. The number of fused-ring (bicyclic) bond motifs is 1. The number of methoxy groups -OCH3 is 1. The molecule has 1 fully saturated rings. The van der Waals surface area contributed by atoms with Crippen molar-refractivity contribution >= 4 is 22.4 Å². The molecule has 1 aliphatic heterocycles. The van der Waals surface area contributed by atoms with E-state index < -0.39 is 0 Å². The lowest BCUT2D eigenvalue weighted by atomic mass is 10.0. The summed E-state index contributed by atoms with van der Waals surface area (Å²) in [6.45, 7) is 7.90. The van der Waals surface area contributed by atoms with Crippen molar-refractivity contribution in [2.45, 2.75) is 20.4 Å². The number of ether oxygens (including phenoxy) is 1. The van der Waals surface area contributed by atoms with Crippen LogP contribution in [0.5, 0.6) is 5.75 Å². The number of amides is 1. The first-order chi connectivity index (χ1) is 14.5. The van der Waals surface area contributed by atoms with Gasteiger partial charge in [0.05, 0.1) is 19.1 Å². The van der Waals surface area contributed by atoms with E-state index in [1.165, 1.54) is 0 Å². The zero-order valence-corrected chi connectivity index (χ0v) is 17.7. The number of carbonyl (C=O) groups excluding carboxylic acids is 1. The summed E-state index contributed by atoms with van der Waals surface area (Å²) >= 11 is 0. The fourth-order valence-electron chi connectivity index (χ4n) is 3.86. The molecule has 0 saturated carbocycles. The Bertz CT molecular complexity index is 1060. The summed E-state index contributed by atoms with van der Waals surface area (Å²) in [6.07, 6.45) is 5.27. The van der Waals surface area contributed by atoms with Crippen LogP contribution < -0.4 is 4.74 Å². The minimum atomic E-state index is 0.0380. The van der Waals surface area contributed by atoms with Crippen LogP contribution in [0.3, 0.4) is 0 Å². The summed E-state index contributed by atoms with van der Waals surface area (Å²) in [4.78, 5) is 21.5. The fourth-order valence-corrected chi connectivity index (χ4v) is 3.86. The SMILES string of the molecule is COc1cc2occ(C)c2cc1/C(C)=C/C(=O)N1CCN(Cc2ccccn2)CC1. The largest absolute Gasteiger partial charge is 0.496 e. The number of aryl methyl sites for hydroxylation is 1. The summed E-state index contributed by atoms with van der Waals surface area (Å²) in [5.74, 6) is 0.745. The molecule has 1 aliphatic rings. The van der Waals surface area contributed by atoms with E-state index in [4.69, 9.17) is 9.15 Å². The van der Waals surface area contributed by atoms with E-state index in [0.29, 0.717) is 18.8 Å². The maximum Gasteiger partial charge on any atom is 0.246 e. The number of hydrogen-bond donors (Lipinski definition) is 0. The van der Waals surface area contributed by atoms with Gasteiger partial charge >= 0.3 is 0 Å². The zero-order valence-electron chi connectivity index (χ0n) is 17.7. The zero-order chi connectivity index (χ0) is 21.1. The molecule has 0 aliphatic carbocycles. The highest BCUT2D eigenvalue weighted by Gasteiger charge is 2.21. The first-order valence-electron chi connectivity index (χ1n) is 10.2. The molecule has 3 aromatic rings. The Morgan fingerprint density at radius 3 is 2.73 bits per heavy atom. The van der Waals surface area contributed by atoms with Crippen molar-refractivity contribution in [1.82, 2.24) is 14.8 Å². The van der Waals surface area contributed by atoms with Crippen LogP contribution in [0.1, 0.15) is 23.7 Å². The molecule has 0 atom stereocenters. The van der Waals surface area contributed by atoms with Crippen LogP contribution in [0, 0.1) is 6.92 Å². The predicted octanol–water partition coefficient (Wildman–Crippen LogP) is 3.89. The molecule has 6 heteroatoms. The average Bonchev–Trinajstić information content (AvgIpc) is 3.13. The van der Waals surface area contributed by atoms with Crippen molar-refractivity contribution in [2.24, 2.45) is 0 Å². The van der Waals surface area contributed by atoms with Gasteiger partial charge < -0.3 is 14.1 Å². The fraction of sp³-hybridized carbons (Fsp3) is 0.333. The van der Waals surface area contributed by atoms with Gasteiger partial charge in [-0.3, -0.25) is 14.7 Å². The Hall–Kier alpha value is -3.12. The lowest BCUT2D eigenvalue weighted by Gasteiger charge is -2.34. The van der Waals surface area contributed by atoms with Crippen molar-refractivity contribution in [3.63, 3.8) is 0 Å². The van der Waals surface area contributed by atoms with Crippen LogP contribution in [0.25, 0.3) is 16.5 Å². The molecular formula is C24H27N3O3. The lowest BCUT2D eigenvalue weighted by molar-refractivity contribution is -0.127. The lowest BCUT2D eigenvalue weighted by Crippen LogP contribution is -2.47. The molecule has 1 amide bonds. The van der Waals surface area contributed by atoms with E-state index in [9.17, 15) is 4.79 Å². The van der Waals surface area contributed by atoms with Gasteiger partial charge in [0.1, 0.15) is 11.3 Å². The number of nitrogens with zero attached hydrogens (tertiary/aromatic N) is 3. The van der Waals surface area contributed by atoms with E-state index in [0.717, 1.165) is 53.0 Å². The van der Waals surface area contributed by atoms with Crippen molar-refractivity contribution in [1.29, 1.82) is 0 Å². The first-order valence-corrected chi connectivity index (χ1v) is 10.2. The van der Waals surface area contributed by atoms with Crippen LogP contribution in [0.4, 0.5) is 0 Å². The van der Waals surface area contributed by atoms with Gasteiger partial charge in [-0.05, 0) is 43.2 Å². The van der Waals surface area contributed by atoms with Crippen molar-refractivity contribution in [3.8, 4) is 5.75 Å². The van der Waals surface area contributed by atoms with Gasteiger partial charge in [-0.25, -0.2) is 0 Å². The first kappa shape index (κ1) is 20.2. The number of aromatic nitrogens is 1. The van der Waals surface area contributed by atoms with E-state index in [1.807, 2.05) is 55.3 Å². The van der Waals surface area contributed by atoms with Gasteiger partial charge in [-0.2, -0.15) is 0 Å². The second-order valence-electron chi connectivity index (χ2n) is 7.72. The number of hydrogen-bond acceptors (Lipinski definition) is 5. The van der Waals surface area contributed by atoms with Gasteiger partial charge in [0, 0.05) is 62.0 Å². The average molecular weight is 405 g/mol. The molecule has 3 heterocycles. The molecule has 1 saturated heterocycles. The van der Waals surface area contributed by atoms with E-state index in [2.05, 4.69) is 9.88 Å². The molecule has 0 bridgehead atoms. The van der Waals surface area contributed by atoms with Gasteiger partial charge in [0.25, 0.3) is 0 Å². The van der Waals surface area contributed by atoms with Crippen LogP contribution in [-0.2, 0) is 11.3 Å². The van der Waals surface area contributed by atoms with E-state index in [1.54, 1.807) is 19.4 Å². The number of allylic oxidation sites excluding steroid dienone is 1. The highest BCUT2D eigenvalue weighted by Crippen LogP contribution is 2.33. The van der Waals surface area contributed by atoms with Gasteiger partial charge in [-0.1, -0.05) is 6.07 Å². The summed E-state index contributed by atoms with van der Waals surface area (Å²) in [7, 11) is 1.64. The van der Waals surface area contributed by atoms with Crippen LogP contribution >= 0.6 is 0 Å². The third-order valence-corrected chi connectivity index (χ3v) is 5.65. The summed E-state index contributed by atoms with van der Waals surface area (Å²) in [5, 5.41) is 1.04.